The van der Waals surface area contributed by atoms with Gasteiger partial charge in [-0.3, -0.25) is 4.79 Å². The number of amides is 2. The summed E-state index contributed by atoms with van der Waals surface area (Å²) in [5.74, 6) is -0.761. The summed E-state index contributed by atoms with van der Waals surface area (Å²) < 4.78 is 0. The fraction of sp³-hybridized carbons (Fsp3) is 0.857. The lowest BCUT2D eigenvalue weighted by Gasteiger charge is -2.28. The van der Waals surface area contributed by atoms with Crippen LogP contribution in [-0.4, -0.2) is 53.1 Å². The number of rotatable bonds is 6. The topological polar surface area (TPSA) is 60.9 Å². The van der Waals surface area contributed by atoms with Gasteiger partial charge in [0.15, 0.2) is 0 Å². The van der Waals surface area contributed by atoms with E-state index < -0.39 is 11.4 Å². The van der Waals surface area contributed by atoms with Gasteiger partial charge in [-0.2, -0.15) is 0 Å². The first-order valence-corrected chi connectivity index (χ1v) is 7.28. The maximum Gasteiger partial charge on any atom is 0.320 e. The highest BCUT2D eigenvalue weighted by Gasteiger charge is 2.45. The van der Waals surface area contributed by atoms with E-state index in [1.165, 1.54) is 0 Å². The maximum absolute atomic E-state index is 12.3. The molecule has 2 amide bonds. The molecule has 110 valence electrons. The number of carboxylic acid groups (broad SMARTS) is 1. The monoisotopic (exact) mass is 270 g/mol. The van der Waals surface area contributed by atoms with E-state index in [9.17, 15) is 14.7 Å². The highest BCUT2D eigenvalue weighted by molar-refractivity contribution is 5.79. The van der Waals surface area contributed by atoms with E-state index in [-0.39, 0.29) is 6.03 Å². The Labute approximate surface area is 115 Å². The average Bonchev–Trinajstić information content (AvgIpc) is 2.81. The summed E-state index contributed by atoms with van der Waals surface area (Å²) in [6, 6.07) is -0.0106. The van der Waals surface area contributed by atoms with Crippen molar-refractivity contribution in [1.29, 1.82) is 0 Å². The SMILES string of the molecule is CCCN(CC)C(=O)N1CCC(CCC)(C(=O)O)C1. The smallest absolute Gasteiger partial charge is 0.320 e. The first-order valence-electron chi connectivity index (χ1n) is 7.28. The quantitative estimate of drug-likeness (QED) is 0.806. The molecular formula is C14H26N2O3. The number of hydrogen-bond donors (Lipinski definition) is 1. The number of aliphatic carboxylic acids is 1. The van der Waals surface area contributed by atoms with Crippen molar-refractivity contribution in [2.75, 3.05) is 26.2 Å². The Bertz CT molecular complexity index is 333. The molecule has 0 saturated carbocycles. The van der Waals surface area contributed by atoms with E-state index >= 15 is 0 Å². The molecule has 0 aromatic rings. The number of carboxylic acids is 1. The molecule has 1 saturated heterocycles. The minimum absolute atomic E-state index is 0.0106. The van der Waals surface area contributed by atoms with E-state index in [1.54, 1.807) is 9.80 Å². The van der Waals surface area contributed by atoms with Gasteiger partial charge in [-0.05, 0) is 26.2 Å². The summed E-state index contributed by atoms with van der Waals surface area (Å²) in [4.78, 5) is 27.3. The van der Waals surface area contributed by atoms with Crippen LogP contribution in [-0.2, 0) is 4.79 Å². The molecular weight excluding hydrogens is 244 g/mol. The number of urea groups is 1. The highest BCUT2D eigenvalue weighted by atomic mass is 16.4. The predicted octanol–water partition coefficient (Wildman–Crippen LogP) is 2.42. The van der Waals surface area contributed by atoms with Crippen LogP contribution in [0.3, 0.4) is 0 Å². The van der Waals surface area contributed by atoms with Crippen molar-refractivity contribution in [2.45, 2.75) is 46.5 Å². The van der Waals surface area contributed by atoms with Crippen LogP contribution in [0.1, 0.15) is 46.5 Å². The summed E-state index contributed by atoms with van der Waals surface area (Å²) in [5, 5.41) is 9.44. The number of likely N-dealkylation sites (tertiary alicyclic amines) is 1. The molecule has 0 bridgehead atoms. The van der Waals surface area contributed by atoms with E-state index in [0.717, 1.165) is 19.4 Å². The molecule has 1 heterocycles. The molecule has 0 aromatic carbocycles. The van der Waals surface area contributed by atoms with Crippen LogP contribution in [0.15, 0.2) is 0 Å². The molecule has 5 nitrogen and oxygen atoms in total. The van der Waals surface area contributed by atoms with Crippen LogP contribution in [0.5, 0.6) is 0 Å². The standard InChI is InChI=1S/C14H26N2O3/c1-4-7-14(12(17)18)8-10-16(11-14)13(19)15(6-3)9-5-2/h4-11H2,1-3H3,(H,17,18). The van der Waals surface area contributed by atoms with E-state index in [4.69, 9.17) is 0 Å². The molecule has 1 unspecified atom stereocenters. The van der Waals surface area contributed by atoms with Gasteiger partial charge in [0.2, 0.25) is 0 Å². The van der Waals surface area contributed by atoms with Crippen molar-refractivity contribution < 1.29 is 14.7 Å². The van der Waals surface area contributed by atoms with E-state index in [1.807, 2.05) is 20.8 Å². The summed E-state index contributed by atoms with van der Waals surface area (Å²) in [6.07, 6.45) is 2.98. The largest absolute Gasteiger partial charge is 0.481 e. The lowest BCUT2D eigenvalue weighted by Crippen LogP contribution is -2.44. The minimum Gasteiger partial charge on any atom is -0.481 e. The Morgan fingerprint density at radius 1 is 1.26 bits per heavy atom. The first-order chi connectivity index (χ1) is 9.00. The molecule has 0 radical (unpaired) electrons. The first kappa shape index (κ1) is 15.8. The van der Waals surface area contributed by atoms with Crippen LogP contribution < -0.4 is 0 Å². The lowest BCUT2D eigenvalue weighted by molar-refractivity contribution is -0.148. The summed E-state index contributed by atoms with van der Waals surface area (Å²) in [5.41, 5.74) is -0.726. The molecule has 0 aromatic heterocycles. The fourth-order valence-electron chi connectivity index (χ4n) is 2.86. The molecule has 0 aliphatic carbocycles. The van der Waals surface area contributed by atoms with Crippen molar-refractivity contribution in [2.24, 2.45) is 5.41 Å². The summed E-state index contributed by atoms with van der Waals surface area (Å²) >= 11 is 0. The zero-order valence-corrected chi connectivity index (χ0v) is 12.3. The molecule has 0 spiro atoms. The van der Waals surface area contributed by atoms with Crippen LogP contribution >= 0.6 is 0 Å². The third-order valence-corrected chi connectivity index (χ3v) is 3.95. The Balaban J connectivity index is 2.73. The van der Waals surface area contributed by atoms with Gasteiger partial charge in [0, 0.05) is 26.2 Å². The van der Waals surface area contributed by atoms with Gasteiger partial charge in [0.25, 0.3) is 0 Å². The highest BCUT2D eigenvalue weighted by Crippen LogP contribution is 2.35. The van der Waals surface area contributed by atoms with Crippen molar-refractivity contribution in [3.8, 4) is 0 Å². The number of carbonyl (C=O) groups is 2. The predicted molar refractivity (Wildman–Crippen MR) is 74.1 cm³/mol. The second-order valence-electron chi connectivity index (χ2n) is 5.37. The normalized spacial score (nSPS) is 22.6. The molecule has 1 aliphatic heterocycles. The van der Waals surface area contributed by atoms with Crippen molar-refractivity contribution in [3.05, 3.63) is 0 Å². The lowest BCUT2D eigenvalue weighted by atomic mass is 9.83. The second kappa shape index (κ2) is 6.78. The third kappa shape index (κ3) is 3.39. The van der Waals surface area contributed by atoms with Gasteiger partial charge in [-0.25, -0.2) is 4.79 Å². The molecule has 1 fully saturated rings. The summed E-state index contributed by atoms with van der Waals surface area (Å²) in [6.45, 7) is 8.32. The molecule has 1 N–H and O–H groups in total. The number of nitrogens with zero attached hydrogens (tertiary/aromatic N) is 2. The molecule has 1 rings (SSSR count). The zero-order valence-electron chi connectivity index (χ0n) is 12.3. The fourth-order valence-corrected chi connectivity index (χ4v) is 2.86. The van der Waals surface area contributed by atoms with Crippen LogP contribution in [0, 0.1) is 5.41 Å². The average molecular weight is 270 g/mol. The van der Waals surface area contributed by atoms with Crippen molar-refractivity contribution in [3.63, 3.8) is 0 Å². The van der Waals surface area contributed by atoms with Gasteiger partial charge in [0.1, 0.15) is 0 Å². The summed E-state index contributed by atoms with van der Waals surface area (Å²) in [7, 11) is 0. The van der Waals surface area contributed by atoms with E-state index in [2.05, 4.69) is 0 Å². The minimum atomic E-state index is -0.761. The third-order valence-electron chi connectivity index (χ3n) is 3.95. The molecule has 1 atom stereocenters. The van der Waals surface area contributed by atoms with E-state index in [0.29, 0.717) is 32.5 Å². The van der Waals surface area contributed by atoms with Crippen molar-refractivity contribution >= 4 is 12.0 Å². The maximum atomic E-state index is 12.3. The van der Waals surface area contributed by atoms with Gasteiger partial charge in [-0.1, -0.05) is 20.3 Å². The van der Waals surface area contributed by atoms with Gasteiger partial charge in [-0.15, -0.1) is 0 Å². The Morgan fingerprint density at radius 3 is 2.42 bits per heavy atom. The molecule has 5 heteroatoms. The molecule has 19 heavy (non-hydrogen) atoms. The van der Waals surface area contributed by atoms with Crippen LogP contribution in [0.25, 0.3) is 0 Å². The number of carbonyl (C=O) groups excluding carboxylic acids is 1. The molecule has 1 aliphatic rings. The zero-order chi connectivity index (χ0) is 14.5. The number of hydrogen-bond acceptors (Lipinski definition) is 2. The Hall–Kier alpha value is -1.26. The Kier molecular flexibility index (Phi) is 5.63. The van der Waals surface area contributed by atoms with Crippen LogP contribution in [0.2, 0.25) is 0 Å². The van der Waals surface area contributed by atoms with Crippen molar-refractivity contribution in [1.82, 2.24) is 9.80 Å². The van der Waals surface area contributed by atoms with Gasteiger partial charge >= 0.3 is 12.0 Å². The van der Waals surface area contributed by atoms with Gasteiger partial charge in [0.05, 0.1) is 5.41 Å². The second-order valence-corrected chi connectivity index (χ2v) is 5.37. The van der Waals surface area contributed by atoms with Crippen LogP contribution in [0.4, 0.5) is 4.79 Å². The van der Waals surface area contributed by atoms with Gasteiger partial charge < -0.3 is 14.9 Å². The Morgan fingerprint density at radius 2 is 1.95 bits per heavy atom.